The summed E-state index contributed by atoms with van der Waals surface area (Å²) in [5, 5.41) is 0. The van der Waals surface area contributed by atoms with Crippen LogP contribution in [-0.4, -0.2) is 18.9 Å². The normalized spacial score (nSPS) is 47.7. The number of methoxy groups -OCH3 is 1. The molecule has 2 spiro atoms. The summed E-state index contributed by atoms with van der Waals surface area (Å²) in [6.45, 7) is 14.2. The number of hydrogen-bond acceptors (Lipinski definition) is 3. The molecular formula is C31H48O3. The number of allylic oxidation sites excluding steroid dienone is 1. The molecular weight excluding hydrogens is 420 g/mol. The summed E-state index contributed by atoms with van der Waals surface area (Å²) in [7, 11) is 1.46. The summed E-state index contributed by atoms with van der Waals surface area (Å²) in [5.41, 5.74) is 2.47. The van der Waals surface area contributed by atoms with Crippen molar-refractivity contribution in [2.75, 3.05) is 7.11 Å². The number of carbonyl (C=O) groups excluding carboxylic acids is 2. The van der Waals surface area contributed by atoms with Crippen LogP contribution in [0.25, 0.3) is 0 Å². The van der Waals surface area contributed by atoms with Crippen LogP contribution in [0, 0.1) is 50.7 Å². The average molecular weight is 469 g/mol. The second kappa shape index (κ2) is 7.69. The van der Waals surface area contributed by atoms with E-state index < -0.39 is 0 Å². The lowest BCUT2D eigenvalue weighted by Gasteiger charge is -2.62. The molecule has 0 amide bonds. The Bertz CT molecular complexity index is 916. The molecule has 5 fully saturated rings. The lowest BCUT2D eigenvalue weighted by Crippen LogP contribution is -2.57. The van der Waals surface area contributed by atoms with Gasteiger partial charge in [0.2, 0.25) is 0 Å². The topological polar surface area (TPSA) is 43.4 Å². The van der Waals surface area contributed by atoms with E-state index in [1.165, 1.54) is 58.5 Å². The van der Waals surface area contributed by atoms with Crippen molar-refractivity contribution >= 4 is 11.8 Å². The highest BCUT2D eigenvalue weighted by molar-refractivity contribution is 5.87. The van der Waals surface area contributed by atoms with Crippen molar-refractivity contribution in [2.24, 2.45) is 50.7 Å². The van der Waals surface area contributed by atoms with Crippen molar-refractivity contribution in [3.63, 3.8) is 0 Å². The maximum atomic E-state index is 12.9. The van der Waals surface area contributed by atoms with Gasteiger partial charge in [-0.25, -0.2) is 4.79 Å². The molecule has 3 nitrogen and oxygen atoms in total. The SMILES string of the molecule is COC(=O)/C(C)=C/CC[C@@H](C)[C@H]1CC[C@@]2(C)[C@@H]3CC[C@H]4C(C)(C)C(=O)CC[C@@]45C[C@@]35CC[C@]12C. The molecule has 0 aromatic carbocycles. The Morgan fingerprint density at radius 3 is 2.38 bits per heavy atom. The zero-order chi connectivity index (χ0) is 24.7. The van der Waals surface area contributed by atoms with Gasteiger partial charge in [0.1, 0.15) is 5.78 Å². The molecule has 5 aliphatic rings. The predicted molar refractivity (Wildman–Crippen MR) is 136 cm³/mol. The largest absolute Gasteiger partial charge is 0.466 e. The van der Waals surface area contributed by atoms with Crippen LogP contribution >= 0.6 is 0 Å². The minimum Gasteiger partial charge on any atom is -0.466 e. The summed E-state index contributed by atoms with van der Waals surface area (Å²) >= 11 is 0. The maximum Gasteiger partial charge on any atom is 0.333 e. The number of ether oxygens (including phenoxy) is 1. The van der Waals surface area contributed by atoms with Crippen LogP contribution < -0.4 is 0 Å². The number of carbonyl (C=O) groups is 2. The fourth-order valence-electron chi connectivity index (χ4n) is 11.1. The number of esters is 1. The van der Waals surface area contributed by atoms with Crippen molar-refractivity contribution in [3.8, 4) is 0 Å². The van der Waals surface area contributed by atoms with Crippen molar-refractivity contribution in [1.82, 2.24) is 0 Å². The highest BCUT2D eigenvalue weighted by Crippen LogP contribution is 2.88. The van der Waals surface area contributed by atoms with E-state index in [4.69, 9.17) is 4.74 Å². The molecule has 5 rings (SSSR count). The van der Waals surface area contributed by atoms with Crippen molar-refractivity contribution in [1.29, 1.82) is 0 Å². The summed E-state index contributed by atoms with van der Waals surface area (Å²) in [5.74, 6) is 3.25. The van der Waals surface area contributed by atoms with Gasteiger partial charge < -0.3 is 4.74 Å². The zero-order valence-electron chi connectivity index (χ0n) is 22.9. The van der Waals surface area contributed by atoms with Gasteiger partial charge in [-0.05, 0) is 116 Å². The third-order valence-electron chi connectivity index (χ3n) is 13.2. The molecule has 0 aromatic heterocycles. The Labute approximate surface area is 207 Å². The van der Waals surface area contributed by atoms with Crippen molar-refractivity contribution in [3.05, 3.63) is 11.6 Å². The molecule has 0 aliphatic heterocycles. The molecule has 3 heteroatoms. The number of hydrogen-bond donors (Lipinski definition) is 0. The van der Waals surface area contributed by atoms with Gasteiger partial charge in [0.05, 0.1) is 7.11 Å². The lowest BCUT2D eigenvalue weighted by atomic mass is 9.42. The van der Waals surface area contributed by atoms with Gasteiger partial charge in [-0.2, -0.15) is 0 Å². The quantitative estimate of drug-likeness (QED) is 0.309. The highest BCUT2D eigenvalue weighted by Gasteiger charge is 2.82. The molecule has 0 unspecified atom stereocenters. The maximum absolute atomic E-state index is 12.9. The average Bonchev–Trinajstić information content (AvgIpc) is 3.38. The van der Waals surface area contributed by atoms with Gasteiger partial charge in [0.15, 0.2) is 0 Å². The summed E-state index contributed by atoms with van der Waals surface area (Å²) in [4.78, 5) is 24.6. The van der Waals surface area contributed by atoms with Crippen LogP contribution in [0.1, 0.15) is 112 Å². The summed E-state index contributed by atoms with van der Waals surface area (Å²) < 4.78 is 4.86. The number of fused-ring (bicyclic) bond motifs is 2. The number of rotatable bonds is 5. The van der Waals surface area contributed by atoms with Crippen molar-refractivity contribution < 1.29 is 14.3 Å². The Kier molecular flexibility index (Phi) is 5.56. The fraction of sp³-hybridized carbons (Fsp3) is 0.871. The lowest BCUT2D eigenvalue weighted by molar-refractivity contribution is -0.157. The van der Waals surface area contributed by atoms with Crippen LogP contribution in [0.4, 0.5) is 0 Å². The first-order chi connectivity index (χ1) is 15.9. The van der Waals surface area contributed by atoms with Crippen LogP contribution in [0.3, 0.4) is 0 Å². The summed E-state index contributed by atoms with van der Waals surface area (Å²) in [6.07, 6.45) is 15.7. The molecule has 5 saturated carbocycles. The van der Waals surface area contributed by atoms with E-state index in [0.717, 1.165) is 36.7 Å². The van der Waals surface area contributed by atoms with Crippen LogP contribution in [-0.2, 0) is 14.3 Å². The first-order valence-electron chi connectivity index (χ1n) is 14.2. The minimum absolute atomic E-state index is 0.114. The van der Waals surface area contributed by atoms with E-state index in [1.54, 1.807) is 0 Å². The molecule has 190 valence electrons. The monoisotopic (exact) mass is 468 g/mol. The fourth-order valence-corrected chi connectivity index (χ4v) is 11.1. The van der Waals surface area contributed by atoms with E-state index in [-0.39, 0.29) is 11.4 Å². The van der Waals surface area contributed by atoms with Gasteiger partial charge in [-0.15, -0.1) is 0 Å². The van der Waals surface area contributed by atoms with E-state index in [1.807, 2.05) is 6.92 Å². The van der Waals surface area contributed by atoms with E-state index in [0.29, 0.717) is 39.3 Å². The smallest absolute Gasteiger partial charge is 0.333 e. The molecule has 8 atom stereocenters. The molecule has 0 heterocycles. The molecule has 0 saturated heterocycles. The molecule has 0 radical (unpaired) electrons. The van der Waals surface area contributed by atoms with Crippen LogP contribution in [0.2, 0.25) is 0 Å². The van der Waals surface area contributed by atoms with Gasteiger partial charge in [-0.3, -0.25) is 4.79 Å². The minimum atomic E-state index is -0.202. The van der Waals surface area contributed by atoms with Gasteiger partial charge in [0.25, 0.3) is 0 Å². The Hall–Kier alpha value is -1.12. The summed E-state index contributed by atoms with van der Waals surface area (Å²) in [6, 6.07) is 0. The van der Waals surface area contributed by atoms with Crippen LogP contribution in [0.15, 0.2) is 11.6 Å². The molecule has 0 aromatic rings. The van der Waals surface area contributed by atoms with E-state index in [2.05, 4.69) is 40.7 Å². The highest BCUT2D eigenvalue weighted by atomic mass is 16.5. The van der Waals surface area contributed by atoms with Gasteiger partial charge >= 0.3 is 5.97 Å². The second-order valence-corrected chi connectivity index (χ2v) is 14.2. The zero-order valence-corrected chi connectivity index (χ0v) is 22.9. The van der Waals surface area contributed by atoms with Gasteiger partial charge in [0, 0.05) is 17.4 Å². The first kappa shape index (κ1) is 24.6. The Balaban J connectivity index is 1.35. The van der Waals surface area contributed by atoms with E-state index >= 15 is 0 Å². The van der Waals surface area contributed by atoms with Crippen LogP contribution in [0.5, 0.6) is 0 Å². The molecule has 0 bridgehead atoms. The first-order valence-corrected chi connectivity index (χ1v) is 14.2. The van der Waals surface area contributed by atoms with Crippen molar-refractivity contribution in [2.45, 2.75) is 112 Å². The Morgan fingerprint density at radius 2 is 1.68 bits per heavy atom. The number of ketones is 1. The molecule has 5 aliphatic carbocycles. The number of Topliss-reactive ketones (excluding diaryl/α,β-unsaturated/α-hetero) is 1. The predicted octanol–water partition coefficient (Wildman–Crippen LogP) is 7.53. The standard InChI is InChI=1S/C31H48O3/c1-20(9-8-10-21(2)26(33)34-7)22-13-15-29(6)24-12-11-23-27(3,4)25(32)14-16-30(23)19-31(24,30)18-17-28(22,29)5/h10,20,22-24H,8-9,11-19H2,1-7H3/b21-10+/t20-,22-,23+,24+,28-,29+,30-,31+/m1/s1. The Morgan fingerprint density at radius 1 is 1.00 bits per heavy atom. The van der Waals surface area contributed by atoms with E-state index in [9.17, 15) is 9.59 Å². The van der Waals surface area contributed by atoms with Gasteiger partial charge in [-0.1, -0.05) is 40.7 Å². The third kappa shape index (κ3) is 2.94. The third-order valence-corrected chi connectivity index (χ3v) is 13.2. The molecule has 0 N–H and O–H groups in total. The second-order valence-electron chi connectivity index (χ2n) is 14.2. The molecule has 34 heavy (non-hydrogen) atoms.